The van der Waals surface area contributed by atoms with Gasteiger partial charge in [0.2, 0.25) is 15.9 Å². The third-order valence-corrected chi connectivity index (χ3v) is 4.83. The van der Waals surface area contributed by atoms with E-state index < -0.39 is 15.9 Å². The summed E-state index contributed by atoms with van der Waals surface area (Å²) in [6.07, 6.45) is -0.320. The predicted molar refractivity (Wildman–Crippen MR) is 75.4 cm³/mol. The number of carbonyl (C=O) groups excluding carboxylic acids is 1. The lowest BCUT2D eigenvalue weighted by Crippen LogP contribution is -2.31. The smallest absolute Gasteiger partial charge is 0.245 e. The van der Waals surface area contributed by atoms with Gasteiger partial charge in [0.15, 0.2) is 0 Å². The number of nitrogens with zero attached hydrogens (tertiary/aromatic N) is 2. The molecule has 0 radical (unpaired) electrons. The molecule has 0 saturated carbocycles. The normalized spacial score (nSPS) is 11.1. The first-order valence-corrected chi connectivity index (χ1v) is 7.67. The number of nitrogens with one attached hydrogen (secondary N) is 1. The first-order valence-electron chi connectivity index (χ1n) is 6.23. The third-order valence-electron chi connectivity index (χ3n) is 2.72. The van der Waals surface area contributed by atoms with Gasteiger partial charge in [-0.15, -0.1) is 0 Å². The van der Waals surface area contributed by atoms with E-state index in [1.807, 2.05) is 0 Å². The van der Waals surface area contributed by atoms with Crippen molar-refractivity contribution in [3.05, 3.63) is 24.3 Å². The van der Waals surface area contributed by atoms with Crippen molar-refractivity contribution in [2.75, 3.05) is 18.4 Å². The molecule has 0 heterocycles. The number of sulfonamides is 1. The predicted octanol–water partition coefficient (Wildman–Crippen LogP) is 1.57. The summed E-state index contributed by atoms with van der Waals surface area (Å²) in [7, 11) is -3.66. The number of benzene rings is 1. The second kappa shape index (κ2) is 7.03. The maximum absolute atomic E-state index is 12.5. The fourth-order valence-corrected chi connectivity index (χ4v) is 3.37. The number of anilines is 1. The van der Waals surface area contributed by atoms with E-state index in [-0.39, 0.29) is 17.0 Å². The van der Waals surface area contributed by atoms with E-state index in [0.717, 1.165) is 0 Å². The van der Waals surface area contributed by atoms with Crippen molar-refractivity contribution in [3.8, 4) is 6.07 Å². The van der Waals surface area contributed by atoms with Crippen LogP contribution in [0.3, 0.4) is 0 Å². The highest BCUT2D eigenvalue weighted by Gasteiger charge is 2.24. The Morgan fingerprint density at radius 3 is 2.45 bits per heavy atom. The van der Waals surface area contributed by atoms with Crippen molar-refractivity contribution in [3.63, 3.8) is 0 Å². The highest BCUT2D eigenvalue weighted by atomic mass is 32.2. The summed E-state index contributed by atoms with van der Waals surface area (Å²) in [6, 6.07) is 7.89. The fraction of sp³-hybridized carbons (Fsp3) is 0.385. The molecule has 0 aliphatic carbocycles. The number of rotatable bonds is 6. The molecule has 0 unspecified atom stereocenters. The van der Waals surface area contributed by atoms with Crippen LogP contribution in [0.25, 0.3) is 0 Å². The van der Waals surface area contributed by atoms with Crippen LogP contribution in [0.2, 0.25) is 0 Å². The maximum atomic E-state index is 12.5. The number of para-hydroxylation sites is 1. The lowest BCUT2D eigenvalue weighted by Gasteiger charge is -2.20. The Kier molecular flexibility index (Phi) is 5.67. The Morgan fingerprint density at radius 1 is 1.30 bits per heavy atom. The van der Waals surface area contributed by atoms with Crippen LogP contribution in [0.15, 0.2) is 29.2 Å². The van der Waals surface area contributed by atoms with E-state index in [2.05, 4.69) is 5.32 Å². The number of hydrogen-bond acceptors (Lipinski definition) is 4. The average Bonchev–Trinajstić information content (AvgIpc) is 2.40. The van der Waals surface area contributed by atoms with E-state index in [9.17, 15) is 13.2 Å². The van der Waals surface area contributed by atoms with Crippen LogP contribution in [0.4, 0.5) is 5.69 Å². The molecule has 0 atom stereocenters. The monoisotopic (exact) mass is 295 g/mol. The van der Waals surface area contributed by atoms with Crippen LogP contribution in [0, 0.1) is 11.3 Å². The van der Waals surface area contributed by atoms with Crippen LogP contribution in [-0.4, -0.2) is 31.7 Å². The molecular formula is C13H17N3O3S. The van der Waals surface area contributed by atoms with Gasteiger partial charge in [0, 0.05) is 13.1 Å². The van der Waals surface area contributed by atoms with Crippen LogP contribution < -0.4 is 5.32 Å². The summed E-state index contributed by atoms with van der Waals surface area (Å²) in [5.74, 6) is -0.533. The minimum atomic E-state index is -3.66. The topological polar surface area (TPSA) is 90.3 Å². The third kappa shape index (κ3) is 3.56. The quantitative estimate of drug-likeness (QED) is 0.862. The van der Waals surface area contributed by atoms with Crippen molar-refractivity contribution >= 4 is 21.6 Å². The van der Waals surface area contributed by atoms with E-state index in [0.29, 0.717) is 13.1 Å². The zero-order valence-corrected chi connectivity index (χ0v) is 12.3. The van der Waals surface area contributed by atoms with Crippen molar-refractivity contribution in [2.24, 2.45) is 0 Å². The Hall–Kier alpha value is -1.91. The Balaban J connectivity index is 3.20. The van der Waals surface area contributed by atoms with Gasteiger partial charge in [0.05, 0.1) is 11.8 Å². The molecule has 1 amide bonds. The molecule has 6 nitrogen and oxygen atoms in total. The molecule has 7 heteroatoms. The molecule has 20 heavy (non-hydrogen) atoms. The molecule has 0 saturated heterocycles. The van der Waals surface area contributed by atoms with E-state index >= 15 is 0 Å². The van der Waals surface area contributed by atoms with Crippen molar-refractivity contribution < 1.29 is 13.2 Å². The van der Waals surface area contributed by atoms with Crippen molar-refractivity contribution in [1.29, 1.82) is 5.26 Å². The first-order chi connectivity index (χ1) is 9.47. The van der Waals surface area contributed by atoms with Gasteiger partial charge in [-0.25, -0.2) is 8.42 Å². The van der Waals surface area contributed by atoms with Gasteiger partial charge < -0.3 is 5.32 Å². The summed E-state index contributed by atoms with van der Waals surface area (Å²) < 4.78 is 26.2. The zero-order chi connectivity index (χ0) is 15.2. The Labute approximate surface area is 119 Å². The summed E-state index contributed by atoms with van der Waals surface area (Å²) in [6.45, 7) is 4.19. The lowest BCUT2D eigenvalue weighted by atomic mass is 10.3. The fourth-order valence-electron chi connectivity index (χ4n) is 1.76. The minimum Gasteiger partial charge on any atom is -0.324 e. The second-order valence-corrected chi connectivity index (χ2v) is 5.87. The molecule has 0 aliphatic rings. The SMILES string of the molecule is CCN(CC)S(=O)(=O)c1ccccc1NC(=O)CC#N. The molecule has 1 N–H and O–H groups in total. The van der Waals surface area contributed by atoms with Gasteiger partial charge in [-0.3, -0.25) is 4.79 Å². The largest absolute Gasteiger partial charge is 0.324 e. The van der Waals surface area contributed by atoms with Gasteiger partial charge in [0.25, 0.3) is 0 Å². The molecule has 0 bridgehead atoms. The Bertz CT molecular complexity index is 616. The molecule has 0 aromatic heterocycles. The summed E-state index contributed by atoms with van der Waals surface area (Å²) in [5.41, 5.74) is 0.194. The molecular weight excluding hydrogens is 278 g/mol. The number of nitriles is 1. The van der Waals surface area contributed by atoms with E-state index in [1.54, 1.807) is 32.0 Å². The number of carbonyl (C=O) groups is 1. The van der Waals surface area contributed by atoms with Crippen LogP contribution in [-0.2, 0) is 14.8 Å². The summed E-state index contributed by atoms with van der Waals surface area (Å²) in [4.78, 5) is 11.5. The van der Waals surface area contributed by atoms with Gasteiger partial charge in [-0.1, -0.05) is 26.0 Å². The highest BCUT2D eigenvalue weighted by Crippen LogP contribution is 2.24. The number of amides is 1. The molecule has 0 aliphatic heterocycles. The number of hydrogen-bond donors (Lipinski definition) is 1. The van der Waals surface area contributed by atoms with Crippen molar-refractivity contribution in [1.82, 2.24) is 4.31 Å². The van der Waals surface area contributed by atoms with Gasteiger partial charge in [-0.2, -0.15) is 9.57 Å². The van der Waals surface area contributed by atoms with Gasteiger partial charge in [0.1, 0.15) is 11.3 Å². The van der Waals surface area contributed by atoms with E-state index in [1.165, 1.54) is 16.4 Å². The second-order valence-electron chi connectivity index (χ2n) is 3.97. The van der Waals surface area contributed by atoms with Crippen LogP contribution in [0.5, 0.6) is 0 Å². The highest BCUT2D eigenvalue weighted by molar-refractivity contribution is 7.89. The first kappa shape index (κ1) is 16.1. The molecule has 1 aromatic carbocycles. The summed E-state index contributed by atoms with van der Waals surface area (Å²) >= 11 is 0. The molecule has 1 rings (SSSR count). The van der Waals surface area contributed by atoms with Crippen molar-refractivity contribution in [2.45, 2.75) is 25.2 Å². The average molecular weight is 295 g/mol. The van der Waals surface area contributed by atoms with E-state index in [4.69, 9.17) is 5.26 Å². The standard InChI is InChI=1S/C13H17N3O3S/c1-3-16(4-2)20(18,19)12-8-6-5-7-11(12)15-13(17)9-10-14/h5-8H,3-4,9H2,1-2H3,(H,15,17). The molecule has 108 valence electrons. The molecule has 0 spiro atoms. The summed E-state index contributed by atoms with van der Waals surface area (Å²) in [5, 5.41) is 10.9. The maximum Gasteiger partial charge on any atom is 0.245 e. The zero-order valence-electron chi connectivity index (χ0n) is 11.5. The molecule has 0 fully saturated rings. The van der Waals surface area contributed by atoms with Gasteiger partial charge >= 0.3 is 0 Å². The van der Waals surface area contributed by atoms with Crippen LogP contribution >= 0.6 is 0 Å². The molecule has 1 aromatic rings. The van der Waals surface area contributed by atoms with Gasteiger partial charge in [-0.05, 0) is 12.1 Å². The lowest BCUT2D eigenvalue weighted by molar-refractivity contribution is -0.115. The minimum absolute atomic E-state index is 0.0370. The Morgan fingerprint density at radius 2 is 1.90 bits per heavy atom. The van der Waals surface area contributed by atoms with Crippen LogP contribution in [0.1, 0.15) is 20.3 Å².